The Bertz CT molecular complexity index is 412. The second kappa shape index (κ2) is 6.20. The molecule has 1 aliphatic carbocycles. The molecule has 3 heteroatoms. The van der Waals surface area contributed by atoms with Gasteiger partial charge in [-0.3, -0.25) is 4.79 Å². The summed E-state index contributed by atoms with van der Waals surface area (Å²) in [5.41, 5.74) is 6.51. The van der Waals surface area contributed by atoms with Gasteiger partial charge in [0.05, 0.1) is 5.41 Å². The molecule has 1 aromatic carbocycles. The van der Waals surface area contributed by atoms with Crippen LogP contribution in [0, 0.1) is 0 Å². The average Bonchev–Trinajstić information content (AvgIpc) is 3.25. The summed E-state index contributed by atoms with van der Waals surface area (Å²) < 4.78 is 0. The van der Waals surface area contributed by atoms with Gasteiger partial charge in [0.2, 0.25) is 5.91 Å². The SMILES string of the molecule is CCCN(CCCN)C(=O)C1(c2ccccc2)CC1. The molecule has 0 radical (unpaired) electrons. The molecule has 1 saturated carbocycles. The van der Waals surface area contributed by atoms with Crippen LogP contribution in [0.25, 0.3) is 0 Å². The van der Waals surface area contributed by atoms with Gasteiger partial charge >= 0.3 is 0 Å². The van der Waals surface area contributed by atoms with Gasteiger partial charge in [0.15, 0.2) is 0 Å². The minimum absolute atomic E-state index is 0.231. The molecule has 0 aromatic heterocycles. The number of amides is 1. The van der Waals surface area contributed by atoms with Gasteiger partial charge in [0, 0.05) is 13.1 Å². The number of rotatable bonds is 7. The van der Waals surface area contributed by atoms with E-state index in [1.807, 2.05) is 23.1 Å². The molecular formula is C16H24N2O. The molecule has 19 heavy (non-hydrogen) atoms. The van der Waals surface area contributed by atoms with Crippen LogP contribution in [0.4, 0.5) is 0 Å². The van der Waals surface area contributed by atoms with Crippen LogP contribution < -0.4 is 5.73 Å². The molecule has 0 spiro atoms. The number of hydrogen-bond donors (Lipinski definition) is 1. The molecule has 1 aromatic rings. The van der Waals surface area contributed by atoms with Crippen LogP contribution in [0.15, 0.2) is 30.3 Å². The Morgan fingerprint density at radius 1 is 1.26 bits per heavy atom. The fourth-order valence-corrected chi connectivity index (χ4v) is 2.68. The number of hydrogen-bond acceptors (Lipinski definition) is 2. The lowest BCUT2D eigenvalue weighted by atomic mass is 9.94. The molecule has 0 saturated heterocycles. The molecule has 2 rings (SSSR count). The third-order valence-corrected chi connectivity index (χ3v) is 3.90. The predicted octanol–water partition coefficient (Wildman–Crippen LogP) is 2.31. The highest BCUT2D eigenvalue weighted by molar-refractivity contribution is 5.91. The van der Waals surface area contributed by atoms with Crippen LogP contribution in [-0.2, 0) is 10.2 Å². The minimum Gasteiger partial charge on any atom is -0.342 e. The molecule has 0 unspecified atom stereocenters. The van der Waals surface area contributed by atoms with Crippen LogP contribution >= 0.6 is 0 Å². The average molecular weight is 260 g/mol. The number of carbonyl (C=O) groups excluding carboxylic acids is 1. The van der Waals surface area contributed by atoms with Crippen LogP contribution in [0.5, 0.6) is 0 Å². The van der Waals surface area contributed by atoms with Gasteiger partial charge in [-0.05, 0) is 37.8 Å². The first-order valence-corrected chi connectivity index (χ1v) is 7.29. The van der Waals surface area contributed by atoms with Crippen molar-refractivity contribution >= 4 is 5.91 Å². The molecule has 2 N–H and O–H groups in total. The minimum atomic E-state index is -0.231. The highest BCUT2D eigenvalue weighted by Gasteiger charge is 2.52. The highest BCUT2D eigenvalue weighted by atomic mass is 16.2. The first kappa shape index (κ1) is 14.1. The highest BCUT2D eigenvalue weighted by Crippen LogP contribution is 2.49. The van der Waals surface area contributed by atoms with E-state index >= 15 is 0 Å². The van der Waals surface area contributed by atoms with Crippen molar-refractivity contribution in [3.8, 4) is 0 Å². The van der Waals surface area contributed by atoms with E-state index < -0.39 is 0 Å². The summed E-state index contributed by atoms with van der Waals surface area (Å²) in [4.78, 5) is 14.8. The van der Waals surface area contributed by atoms with Gasteiger partial charge in [-0.25, -0.2) is 0 Å². The summed E-state index contributed by atoms with van der Waals surface area (Å²) in [6.07, 6.45) is 3.86. The Kier molecular flexibility index (Phi) is 4.59. The van der Waals surface area contributed by atoms with Crippen molar-refractivity contribution in [2.45, 2.75) is 38.0 Å². The summed E-state index contributed by atoms with van der Waals surface area (Å²) in [5, 5.41) is 0. The molecule has 1 aliphatic rings. The maximum Gasteiger partial charge on any atom is 0.233 e. The van der Waals surface area contributed by atoms with Crippen molar-refractivity contribution in [2.75, 3.05) is 19.6 Å². The van der Waals surface area contributed by atoms with Crippen LogP contribution in [0.2, 0.25) is 0 Å². The monoisotopic (exact) mass is 260 g/mol. The van der Waals surface area contributed by atoms with E-state index in [-0.39, 0.29) is 5.41 Å². The number of benzene rings is 1. The second-order valence-electron chi connectivity index (χ2n) is 5.38. The normalized spacial score (nSPS) is 16.1. The third-order valence-electron chi connectivity index (χ3n) is 3.90. The predicted molar refractivity (Wildman–Crippen MR) is 77.9 cm³/mol. The van der Waals surface area contributed by atoms with E-state index in [4.69, 9.17) is 5.73 Å². The Morgan fingerprint density at radius 3 is 2.47 bits per heavy atom. The van der Waals surface area contributed by atoms with Crippen LogP contribution in [0.3, 0.4) is 0 Å². The van der Waals surface area contributed by atoms with Gasteiger partial charge in [0.25, 0.3) is 0 Å². The van der Waals surface area contributed by atoms with E-state index in [0.29, 0.717) is 12.5 Å². The zero-order valence-corrected chi connectivity index (χ0v) is 11.8. The maximum absolute atomic E-state index is 12.8. The molecular weight excluding hydrogens is 236 g/mol. The molecule has 0 bridgehead atoms. The van der Waals surface area contributed by atoms with Crippen molar-refractivity contribution < 1.29 is 4.79 Å². The van der Waals surface area contributed by atoms with Gasteiger partial charge in [-0.2, -0.15) is 0 Å². The summed E-state index contributed by atoms with van der Waals surface area (Å²) in [6.45, 7) is 4.39. The molecule has 1 amide bonds. The van der Waals surface area contributed by atoms with Crippen molar-refractivity contribution in [1.29, 1.82) is 0 Å². The molecule has 1 fully saturated rings. The first-order valence-electron chi connectivity index (χ1n) is 7.29. The Hall–Kier alpha value is -1.35. The topological polar surface area (TPSA) is 46.3 Å². The fraction of sp³-hybridized carbons (Fsp3) is 0.562. The third kappa shape index (κ3) is 2.98. The second-order valence-corrected chi connectivity index (χ2v) is 5.38. The Labute approximate surface area is 115 Å². The van der Waals surface area contributed by atoms with Gasteiger partial charge in [0.1, 0.15) is 0 Å². The number of carbonyl (C=O) groups is 1. The molecule has 0 atom stereocenters. The number of nitrogens with zero attached hydrogens (tertiary/aromatic N) is 1. The Balaban J connectivity index is 2.12. The van der Waals surface area contributed by atoms with E-state index in [9.17, 15) is 4.79 Å². The lowest BCUT2D eigenvalue weighted by Crippen LogP contribution is -2.40. The van der Waals surface area contributed by atoms with Crippen molar-refractivity contribution in [2.24, 2.45) is 5.73 Å². The van der Waals surface area contributed by atoms with Crippen molar-refractivity contribution in [3.05, 3.63) is 35.9 Å². The zero-order chi connectivity index (χ0) is 13.7. The molecule has 0 aliphatic heterocycles. The molecule has 104 valence electrons. The Morgan fingerprint density at radius 2 is 1.95 bits per heavy atom. The number of nitrogens with two attached hydrogens (primary N) is 1. The van der Waals surface area contributed by atoms with Crippen LogP contribution in [-0.4, -0.2) is 30.4 Å². The molecule has 3 nitrogen and oxygen atoms in total. The summed E-state index contributed by atoms with van der Waals surface area (Å²) in [5.74, 6) is 0.300. The smallest absolute Gasteiger partial charge is 0.233 e. The van der Waals surface area contributed by atoms with Gasteiger partial charge in [-0.15, -0.1) is 0 Å². The molecule has 0 heterocycles. The van der Waals surface area contributed by atoms with E-state index in [1.54, 1.807) is 0 Å². The quantitative estimate of drug-likeness (QED) is 0.817. The van der Waals surface area contributed by atoms with Crippen LogP contribution in [0.1, 0.15) is 38.2 Å². The first-order chi connectivity index (χ1) is 9.24. The maximum atomic E-state index is 12.8. The lowest BCUT2D eigenvalue weighted by molar-refractivity contribution is -0.134. The zero-order valence-electron chi connectivity index (χ0n) is 11.8. The largest absolute Gasteiger partial charge is 0.342 e. The summed E-state index contributed by atoms with van der Waals surface area (Å²) >= 11 is 0. The fourth-order valence-electron chi connectivity index (χ4n) is 2.68. The van der Waals surface area contributed by atoms with E-state index in [1.165, 1.54) is 5.56 Å². The van der Waals surface area contributed by atoms with Gasteiger partial charge in [-0.1, -0.05) is 37.3 Å². The standard InChI is InChI=1S/C16H24N2O/c1-2-12-18(13-6-11-17)15(19)16(9-10-16)14-7-4-3-5-8-14/h3-5,7-8H,2,6,9-13,17H2,1H3. The lowest BCUT2D eigenvalue weighted by Gasteiger charge is -2.27. The van der Waals surface area contributed by atoms with Crippen molar-refractivity contribution in [3.63, 3.8) is 0 Å². The summed E-state index contributed by atoms with van der Waals surface area (Å²) in [7, 11) is 0. The summed E-state index contributed by atoms with van der Waals surface area (Å²) in [6, 6.07) is 10.2. The van der Waals surface area contributed by atoms with Crippen molar-refractivity contribution in [1.82, 2.24) is 4.90 Å². The van der Waals surface area contributed by atoms with E-state index in [2.05, 4.69) is 19.1 Å². The van der Waals surface area contributed by atoms with Gasteiger partial charge < -0.3 is 10.6 Å². The van der Waals surface area contributed by atoms with E-state index in [0.717, 1.165) is 38.8 Å².